The first-order valence-corrected chi connectivity index (χ1v) is 9.43. The third-order valence-electron chi connectivity index (χ3n) is 2.13. The molecular weight excluding hydrogens is 242 g/mol. The quantitative estimate of drug-likeness (QED) is 0.385. The molecule has 1 rings (SSSR count). The van der Waals surface area contributed by atoms with Gasteiger partial charge in [-0.1, -0.05) is 25.6 Å². The zero-order valence-electron chi connectivity index (χ0n) is 11.3. The van der Waals surface area contributed by atoms with Crippen LogP contribution in [0.5, 0.6) is 0 Å². The van der Waals surface area contributed by atoms with Crippen molar-refractivity contribution in [3.8, 4) is 11.5 Å². The van der Waals surface area contributed by atoms with Gasteiger partial charge in [-0.2, -0.15) is 0 Å². The first kappa shape index (κ1) is 14.3. The van der Waals surface area contributed by atoms with Crippen LogP contribution in [-0.2, 0) is 4.74 Å². The highest BCUT2D eigenvalue weighted by Gasteiger charge is 2.11. The van der Waals surface area contributed by atoms with Crippen LogP contribution in [-0.4, -0.2) is 20.7 Å². The number of hydrogen-bond acceptors (Lipinski definition) is 3. The molecule has 0 atom stereocenters. The van der Waals surface area contributed by atoms with E-state index in [2.05, 4.69) is 31.1 Å². The van der Waals surface area contributed by atoms with E-state index in [1.54, 1.807) is 19.1 Å². The molecule has 4 heteroatoms. The molecule has 0 bridgehead atoms. The summed E-state index contributed by atoms with van der Waals surface area (Å²) in [4.78, 5) is 11.7. The average Bonchev–Trinajstić information content (AvgIpc) is 2.27. The first-order valence-electron chi connectivity index (χ1n) is 5.93. The van der Waals surface area contributed by atoms with E-state index in [1.165, 1.54) is 0 Å². The van der Waals surface area contributed by atoms with Crippen LogP contribution in [0.1, 0.15) is 22.8 Å². The fourth-order valence-corrected chi connectivity index (χ4v) is 1.80. The number of nitrogen functional groups attached to an aromatic ring is 1. The number of carbonyl (C=O) groups excluding carboxylic acids is 1. The molecule has 1 aromatic carbocycles. The van der Waals surface area contributed by atoms with Gasteiger partial charge < -0.3 is 10.5 Å². The molecule has 0 unspecified atom stereocenters. The molecule has 0 fully saturated rings. The van der Waals surface area contributed by atoms with Crippen molar-refractivity contribution in [1.82, 2.24) is 0 Å². The number of rotatable bonds is 2. The van der Waals surface area contributed by atoms with E-state index in [1.807, 2.05) is 6.07 Å². The third-order valence-corrected chi connectivity index (χ3v) is 3.01. The number of anilines is 1. The van der Waals surface area contributed by atoms with E-state index < -0.39 is 14.0 Å². The number of esters is 1. The lowest BCUT2D eigenvalue weighted by molar-refractivity contribution is 0.0527. The number of nitrogens with two attached hydrogens (primary N) is 1. The number of ether oxygens (including phenoxy) is 1. The van der Waals surface area contributed by atoms with Crippen molar-refractivity contribution in [1.29, 1.82) is 0 Å². The summed E-state index contributed by atoms with van der Waals surface area (Å²) in [6.45, 7) is 8.61. The molecule has 18 heavy (non-hydrogen) atoms. The molecule has 0 aliphatic carbocycles. The van der Waals surface area contributed by atoms with E-state index in [4.69, 9.17) is 10.5 Å². The van der Waals surface area contributed by atoms with E-state index in [0.717, 1.165) is 5.56 Å². The zero-order valence-corrected chi connectivity index (χ0v) is 12.3. The van der Waals surface area contributed by atoms with E-state index >= 15 is 0 Å². The van der Waals surface area contributed by atoms with Gasteiger partial charge >= 0.3 is 5.97 Å². The minimum absolute atomic E-state index is 0.336. The van der Waals surface area contributed by atoms with Gasteiger partial charge in [0.25, 0.3) is 0 Å². The maximum Gasteiger partial charge on any atom is 0.340 e. The highest BCUT2D eigenvalue weighted by atomic mass is 28.3. The molecule has 0 saturated carbocycles. The standard InChI is InChI=1S/C14H19NO2Si/c1-5-17-14(16)12-10-11(6-7-13(12)15)8-9-18(2,3)4/h6-7,10H,5,15H2,1-4H3. The maximum atomic E-state index is 11.7. The maximum absolute atomic E-state index is 11.7. The lowest BCUT2D eigenvalue weighted by atomic mass is 10.1. The Morgan fingerprint density at radius 3 is 2.61 bits per heavy atom. The predicted molar refractivity (Wildman–Crippen MR) is 77.0 cm³/mol. The second-order valence-electron chi connectivity index (χ2n) is 5.02. The minimum atomic E-state index is -1.42. The highest BCUT2D eigenvalue weighted by Crippen LogP contribution is 2.15. The SMILES string of the molecule is CCOC(=O)c1cc(C#C[Si](C)(C)C)ccc1N. The van der Waals surface area contributed by atoms with Crippen molar-refractivity contribution in [3.05, 3.63) is 29.3 Å². The fourth-order valence-electron chi connectivity index (χ4n) is 1.28. The van der Waals surface area contributed by atoms with Gasteiger partial charge in [0, 0.05) is 11.3 Å². The normalized spacial score (nSPS) is 10.4. The Labute approximate surface area is 109 Å². The fraction of sp³-hybridized carbons (Fsp3) is 0.357. The topological polar surface area (TPSA) is 52.3 Å². The van der Waals surface area contributed by atoms with Crippen LogP contribution in [0.2, 0.25) is 19.6 Å². The van der Waals surface area contributed by atoms with Crippen LogP contribution < -0.4 is 5.73 Å². The Morgan fingerprint density at radius 1 is 1.39 bits per heavy atom. The Balaban J connectivity index is 3.07. The van der Waals surface area contributed by atoms with Crippen molar-refractivity contribution >= 4 is 19.7 Å². The van der Waals surface area contributed by atoms with Crippen LogP contribution >= 0.6 is 0 Å². The smallest absolute Gasteiger partial charge is 0.340 e. The Bertz CT molecular complexity index is 507. The summed E-state index contributed by atoms with van der Waals surface area (Å²) in [6.07, 6.45) is 0. The van der Waals surface area contributed by atoms with Gasteiger partial charge in [-0.15, -0.1) is 5.54 Å². The van der Waals surface area contributed by atoms with Gasteiger partial charge in [0.15, 0.2) is 0 Å². The largest absolute Gasteiger partial charge is 0.462 e. The average molecular weight is 261 g/mol. The van der Waals surface area contributed by atoms with Crippen LogP contribution in [0.25, 0.3) is 0 Å². The Hall–Kier alpha value is -1.73. The van der Waals surface area contributed by atoms with Crippen LogP contribution in [0.15, 0.2) is 18.2 Å². The van der Waals surface area contributed by atoms with E-state index in [9.17, 15) is 4.79 Å². The minimum Gasteiger partial charge on any atom is -0.462 e. The van der Waals surface area contributed by atoms with Crippen LogP contribution in [0, 0.1) is 11.5 Å². The van der Waals surface area contributed by atoms with Crippen LogP contribution in [0.3, 0.4) is 0 Å². The van der Waals surface area contributed by atoms with Gasteiger partial charge in [-0.25, -0.2) is 4.79 Å². The molecular formula is C14H19NO2Si. The second-order valence-corrected chi connectivity index (χ2v) is 9.77. The molecule has 0 saturated heterocycles. The molecule has 0 aliphatic heterocycles. The van der Waals surface area contributed by atoms with Crippen molar-refractivity contribution in [2.45, 2.75) is 26.6 Å². The van der Waals surface area contributed by atoms with Crippen LogP contribution in [0.4, 0.5) is 5.69 Å². The lowest BCUT2D eigenvalue weighted by Crippen LogP contribution is -2.16. The summed E-state index contributed by atoms with van der Waals surface area (Å²) in [6, 6.07) is 5.21. The van der Waals surface area contributed by atoms with Gasteiger partial charge in [0.2, 0.25) is 0 Å². The summed E-state index contributed by atoms with van der Waals surface area (Å²) < 4.78 is 4.95. The van der Waals surface area contributed by atoms with Gasteiger partial charge in [-0.3, -0.25) is 0 Å². The second kappa shape index (κ2) is 5.74. The lowest BCUT2D eigenvalue weighted by Gasteiger charge is -2.06. The molecule has 0 aliphatic rings. The summed E-state index contributed by atoms with van der Waals surface area (Å²) in [5.41, 5.74) is 10.6. The molecule has 1 aromatic rings. The molecule has 96 valence electrons. The monoisotopic (exact) mass is 261 g/mol. The molecule has 0 heterocycles. The molecule has 3 nitrogen and oxygen atoms in total. The van der Waals surface area contributed by atoms with Gasteiger partial charge in [0.05, 0.1) is 12.2 Å². The van der Waals surface area contributed by atoms with Crippen molar-refractivity contribution in [3.63, 3.8) is 0 Å². The summed E-state index contributed by atoms with van der Waals surface area (Å²) in [5, 5.41) is 0. The molecule has 2 N–H and O–H groups in total. The van der Waals surface area contributed by atoms with Crippen molar-refractivity contribution < 1.29 is 9.53 Å². The predicted octanol–water partition coefficient (Wildman–Crippen LogP) is 2.67. The molecule has 0 spiro atoms. The van der Waals surface area contributed by atoms with Gasteiger partial charge in [0.1, 0.15) is 8.07 Å². The molecule has 0 aromatic heterocycles. The molecule has 0 radical (unpaired) electrons. The zero-order chi connectivity index (χ0) is 13.8. The van der Waals surface area contributed by atoms with E-state index in [-0.39, 0.29) is 0 Å². The summed E-state index contributed by atoms with van der Waals surface area (Å²) in [5.74, 6) is 2.70. The van der Waals surface area contributed by atoms with E-state index in [0.29, 0.717) is 17.9 Å². The summed E-state index contributed by atoms with van der Waals surface area (Å²) in [7, 11) is -1.42. The van der Waals surface area contributed by atoms with Gasteiger partial charge in [-0.05, 0) is 25.1 Å². The molecule has 0 amide bonds. The number of hydrogen-bond donors (Lipinski definition) is 1. The van der Waals surface area contributed by atoms with Crippen molar-refractivity contribution in [2.24, 2.45) is 0 Å². The Kier molecular flexibility index (Phi) is 4.57. The number of benzene rings is 1. The Morgan fingerprint density at radius 2 is 2.06 bits per heavy atom. The third kappa shape index (κ3) is 4.26. The first-order chi connectivity index (χ1) is 8.33. The summed E-state index contributed by atoms with van der Waals surface area (Å²) >= 11 is 0. The number of carbonyl (C=O) groups is 1. The highest BCUT2D eigenvalue weighted by molar-refractivity contribution is 6.83. The van der Waals surface area contributed by atoms with Crippen molar-refractivity contribution in [2.75, 3.05) is 12.3 Å².